The van der Waals surface area contributed by atoms with E-state index in [1.165, 1.54) is 5.57 Å². The molecule has 24 heavy (non-hydrogen) atoms. The standard InChI is InChI=1S/C20H42O2Si2/c1-12-16-13-17(21-23(8,9)19(2,3)4)15-18(14-16)22-24(10,11)20(5,6)7/h12,17-18H,13-15H2,1-11H3. The van der Waals surface area contributed by atoms with Crippen molar-refractivity contribution in [1.82, 2.24) is 0 Å². The van der Waals surface area contributed by atoms with Crippen LogP contribution in [0.4, 0.5) is 0 Å². The Morgan fingerprint density at radius 3 is 1.38 bits per heavy atom. The fraction of sp³-hybridized carbons (Fsp3) is 0.900. The van der Waals surface area contributed by atoms with Crippen molar-refractivity contribution in [2.45, 2.75) is 116 Å². The van der Waals surface area contributed by atoms with E-state index in [1.807, 2.05) is 0 Å². The fourth-order valence-electron chi connectivity index (χ4n) is 2.73. The van der Waals surface area contributed by atoms with E-state index >= 15 is 0 Å². The van der Waals surface area contributed by atoms with Crippen LogP contribution in [-0.2, 0) is 8.85 Å². The lowest BCUT2D eigenvalue weighted by Crippen LogP contribution is -2.48. The molecule has 0 radical (unpaired) electrons. The van der Waals surface area contributed by atoms with Gasteiger partial charge in [0.15, 0.2) is 16.6 Å². The first kappa shape index (κ1) is 22.1. The second-order valence-electron chi connectivity index (χ2n) is 10.6. The molecule has 0 spiro atoms. The molecule has 1 aliphatic rings. The van der Waals surface area contributed by atoms with E-state index in [9.17, 15) is 0 Å². The SMILES string of the molecule is CC=C1CC(O[Si](C)(C)C(C)(C)C)CC(O[Si](C)(C)C(C)(C)C)C1. The molecule has 2 nitrogen and oxygen atoms in total. The number of allylic oxidation sites excluding steroid dienone is 1. The zero-order valence-electron chi connectivity index (χ0n) is 18.2. The van der Waals surface area contributed by atoms with Crippen molar-refractivity contribution in [2.24, 2.45) is 0 Å². The molecule has 2 atom stereocenters. The second kappa shape index (κ2) is 7.38. The Morgan fingerprint density at radius 1 is 0.792 bits per heavy atom. The molecule has 2 unspecified atom stereocenters. The molecule has 4 heteroatoms. The molecule has 0 bridgehead atoms. The Bertz CT molecular complexity index is 415. The van der Waals surface area contributed by atoms with Gasteiger partial charge in [-0.15, -0.1) is 0 Å². The molecule has 0 aliphatic heterocycles. The average Bonchev–Trinajstić information content (AvgIpc) is 2.34. The summed E-state index contributed by atoms with van der Waals surface area (Å²) < 4.78 is 13.5. The zero-order valence-corrected chi connectivity index (χ0v) is 20.2. The average molecular weight is 371 g/mol. The fourth-order valence-corrected chi connectivity index (χ4v) is 5.46. The Hall–Kier alpha value is 0.0938. The van der Waals surface area contributed by atoms with Crippen LogP contribution in [0.1, 0.15) is 67.7 Å². The molecule has 142 valence electrons. The van der Waals surface area contributed by atoms with E-state index in [0.717, 1.165) is 19.3 Å². The van der Waals surface area contributed by atoms with Crippen LogP contribution in [0.3, 0.4) is 0 Å². The van der Waals surface area contributed by atoms with E-state index in [0.29, 0.717) is 12.2 Å². The maximum absolute atomic E-state index is 6.74. The van der Waals surface area contributed by atoms with Gasteiger partial charge in [-0.3, -0.25) is 0 Å². The Labute approximate surface area is 153 Å². The van der Waals surface area contributed by atoms with E-state index < -0.39 is 16.6 Å². The van der Waals surface area contributed by atoms with Gasteiger partial charge >= 0.3 is 0 Å². The van der Waals surface area contributed by atoms with Gasteiger partial charge in [-0.25, -0.2) is 0 Å². The van der Waals surface area contributed by atoms with Crippen molar-refractivity contribution >= 4 is 16.6 Å². The van der Waals surface area contributed by atoms with Crippen molar-refractivity contribution in [3.63, 3.8) is 0 Å². The second-order valence-corrected chi connectivity index (χ2v) is 20.1. The first-order valence-electron chi connectivity index (χ1n) is 9.59. The van der Waals surface area contributed by atoms with E-state index in [2.05, 4.69) is 80.7 Å². The van der Waals surface area contributed by atoms with Crippen LogP contribution < -0.4 is 0 Å². The van der Waals surface area contributed by atoms with E-state index in [-0.39, 0.29) is 10.1 Å². The summed E-state index contributed by atoms with van der Waals surface area (Å²) in [4.78, 5) is 0. The van der Waals surface area contributed by atoms with Crippen LogP contribution in [0.25, 0.3) is 0 Å². The molecule has 0 heterocycles. The molecule has 1 saturated carbocycles. The summed E-state index contributed by atoms with van der Waals surface area (Å²) in [5.41, 5.74) is 1.51. The van der Waals surface area contributed by atoms with Gasteiger partial charge in [0.2, 0.25) is 0 Å². The Kier molecular flexibility index (Phi) is 6.80. The molecule has 1 fully saturated rings. The molecule has 0 saturated heterocycles. The van der Waals surface area contributed by atoms with Crippen molar-refractivity contribution in [1.29, 1.82) is 0 Å². The summed E-state index contributed by atoms with van der Waals surface area (Å²) >= 11 is 0. The molecule has 0 aromatic carbocycles. The van der Waals surface area contributed by atoms with E-state index in [4.69, 9.17) is 8.85 Å². The van der Waals surface area contributed by atoms with Crippen molar-refractivity contribution in [3.8, 4) is 0 Å². The molecule has 1 rings (SSSR count). The lowest BCUT2D eigenvalue weighted by Gasteiger charge is -2.45. The van der Waals surface area contributed by atoms with Crippen LogP contribution in [0.5, 0.6) is 0 Å². The topological polar surface area (TPSA) is 18.5 Å². The Balaban J connectivity index is 2.88. The highest BCUT2D eigenvalue weighted by atomic mass is 28.4. The number of hydrogen-bond donors (Lipinski definition) is 0. The summed E-state index contributed by atoms with van der Waals surface area (Å²) in [5, 5.41) is 0.520. The smallest absolute Gasteiger partial charge is 0.192 e. The Morgan fingerprint density at radius 2 is 1.12 bits per heavy atom. The summed E-state index contributed by atoms with van der Waals surface area (Å²) in [5.74, 6) is 0. The van der Waals surface area contributed by atoms with Gasteiger partial charge in [0.05, 0.1) is 12.2 Å². The van der Waals surface area contributed by atoms with Gasteiger partial charge in [-0.05, 0) is 62.5 Å². The summed E-state index contributed by atoms with van der Waals surface area (Å²) in [7, 11) is -3.46. The maximum atomic E-state index is 6.74. The highest BCUT2D eigenvalue weighted by molar-refractivity contribution is 6.74. The van der Waals surface area contributed by atoms with E-state index in [1.54, 1.807) is 0 Å². The number of rotatable bonds is 4. The van der Waals surface area contributed by atoms with Gasteiger partial charge in [0.25, 0.3) is 0 Å². The normalized spacial score (nSPS) is 24.2. The number of hydrogen-bond acceptors (Lipinski definition) is 2. The molecular weight excluding hydrogens is 328 g/mol. The van der Waals surface area contributed by atoms with Crippen LogP contribution in [0.15, 0.2) is 11.6 Å². The highest BCUT2D eigenvalue weighted by Gasteiger charge is 2.43. The molecule has 0 N–H and O–H groups in total. The maximum Gasteiger partial charge on any atom is 0.192 e. The molecule has 1 aliphatic carbocycles. The summed E-state index contributed by atoms with van der Waals surface area (Å²) in [6.07, 6.45) is 6.14. The van der Waals surface area contributed by atoms with Gasteiger partial charge in [0.1, 0.15) is 0 Å². The van der Waals surface area contributed by atoms with Gasteiger partial charge in [0, 0.05) is 0 Å². The third kappa shape index (κ3) is 5.55. The lowest BCUT2D eigenvalue weighted by atomic mass is 9.90. The third-order valence-electron chi connectivity index (χ3n) is 6.45. The van der Waals surface area contributed by atoms with Crippen molar-refractivity contribution in [3.05, 3.63) is 11.6 Å². The zero-order chi connectivity index (χ0) is 19.0. The summed E-state index contributed by atoms with van der Waals surface area (Å²) in [6, 6.07) is 0. The summed E-state index contributed by atoms with van der Waals surface area (Å²) in [6.45, 7) is 25.5. The van der Waals surface area contributed by atoms with Gasteiger partial charge < -0.3 is 8.85 Å². The van der Waals surface area contributed by atoms with Crippen molar-refractivity contribution in [2.75, 3.05) is 0 Å². The van der Waals surface area contributed by atoms with Crippen LogP contribution in [0.2, 0.25) is 36.3 Å². The molecular formula is C20H42O2Si2. The first-order valence-corrected chi connectivity index (χ1v) is 15.4. The molecule has 0 aromatic heterocycles. The van der Waals surface area contributed by atoms with Crippen LogP contribution in [0, 0.1) is 0 Å². The monoisotopic (exact) mass is 370 g/mol. The lowest BCUT2D eigenvalue weighted by molar-refractivity contribution is 0.0724. The van der Waals surface area contributed by atoms with Crippen LogP contribution in [-0.4, -0.2) is 28.8 Å². The predicted octanol–water partition coefficient (Wildman–Crippen LogP) is 6.90. The predicted molar refractivity (Wildman–Crippen MR) is 112 cm³/mol. The molecule has 0 aromatic rings. The van der Waals surface area contributed by atoms with Gasteiger partial charge in [-0.1, -0.05) is 53.2 Å². The molecule has 0 amide bonds. The van der Waals surface area contributed by atoms with Gasteiger partial charge in [-0.2, -0.15) is 0 Å². The minimum Gasteiger partial charge on any atom is -0.414 e. The highest BCUT2D eigenvalue weighted by Crippen LogP contribution is 2.42. The minimum atomic E-state index is -1.73. The first-order chi connectivity index (χ1) is 10.6. The quantitative estimate of drug-likeness (QED) is 0.396. The van der Waals surface area contributed by atoms with Crippen molar-refractivity contribution < 1.29 is 8.85 Å². The minimum absolute atomic E-state index is 0.260. The van der Waals surface area contributed by atoms with Crippen LogP contribution >= 0.6 is 0 Å². The largest absolute Gasteiger partial charge is 0.414 e. The third-order valence-corrected chi connectivity index (χ3v) is 15.5.